The van der Waals surface area contributed by atoms with Gasteiger partial charge in [0.25, 0.3) is 10.0 Å². The highest BCUT2D eigenvalue weighted by atomic mass is 35.5. The van der Waals surface area contributed by atoms with Crippen molar-refractivity contribution < 1.29 is 23.4 Å². The van der Waals surface area contributed by atoms with E-state index in [1.165, 1.54) is 12.1 Å². The first-order chi connectivity index (χ1) is 8.32. The van der Waals surface area contributed by atoms with Gasteiger partial charge >= 0.3 is 5.97 Å². The van der Waals surface area contributed by atoms with Crippen LogP contribution in [0.2, 0.25) is 4.34 Å². The van der Waals surface area contributed by atoms with Crippen LogP contribution in [-0.4, -0.2) is 47.6 Å². The summed E-state index contributed by atoms with van der Waals surface area (Å²) < 4.78 is 25.5. The van der Waals surface area contributed by atoms with E-state index >= 15 is 0 Å². The minimum absolute atomic E-state index is 0.0205. The van der Waals surface area contributed by atoms with Crippen LogP contribution in [-0.2, 0) is 14.8 Å². The van der Waals surface area contributed by atoms with Gasteiger partial charge in [-0.2, -0.15) is 4.31 Å². The van der Waals surface area contributed by atoms with Gasteiger partial charge < -0.3 is 10.2 Å². The van der Waals surface area contributed by atoms with Crippen LogP contribution in [0.25, 0.3) is 0 Å². The standard InChI is InChI=1S/C9H10ClNO5S2/c10-7-1-2-8(17-7)18(15,16)11-4-5(12)3-6(11)9(13)14/h1-2,5-6,12H,3-4H2,(H,13,14). The van der Waals surface area contributed by atoms with Crippen LogP contribution < -0.4 is 0 Å². The quantitative estimate of drug-likeness (QED) is 0.853. The Morgan fingerprint density at radius 2 is 2.17 bits per heavy atom. The molecular weight excluding hydrogens is 302 g/mol. The Hall–Kier alpha value is -0.670. The monoisotopic (exact) mass is 311 g/mol. The molecule has 0 radical (unpaired) electrons. The molecule has 1 aromatic rings. The third-order valence-corrected chi connectivity index (χ3v) is 6.20. The van der Waals surface area contributed by atoms with Crippen molar-refractivity contribution in [2.75, 3.05) is 6.54 Å². The maximum Gasteiger partial charge on any atom is 0.322 e. The van der Waals surface area contributed by atoms with Crippen molar-refractivity contribution in [2.45, 2.75) is 22.8 Å². The fourth-order valence-electron chi connectivity index (χ4n) is 1.83. The van der Waals surface area contributed by atoms with Crippen LogP contribution in [0, 0.1) is 0 Å². The molecule has 0 amide bonds. The lowest BCUT2D eigenvalue weighted by molar-refractivity contribution is -0.140. The molecule has 1 aliphatic rings. The first-order valence-corrected chi connectivity index (χ1v) is 7.64. The lowest BCUT2D eigenvalue weighted by Gasteiger charge is -2.19. The second-order valence-electron chi connectivity index (χ2n) is 3.88. The molecule has 0 bridgehead atoms. The summed E-state index contributed by atoms with van der Waals surface area (Å²) in [5.41, 5.74) is 0. The van der Waals surface area contributed by atoms with Crippen molar-refractivity contribution in [3.63, 3.8) is 0 Å². The predicted octanol–water partition coefficient (Wildman–Crippen LogP) is 0.610. The van der Waals surface area contributed by atoms with Gasteiger partial charge in [-0.1, -0.05) is 11.6 Å². The van der Waals surface area contributed by atoms with Crippen LogP contribution >= 0.6 is 22.9 Å². The summed E-state index contributed by atoms with van der Waals surface area (Å²) in [4.78, 5) is 11.0. The Labute approximate surface area is 112 Å². The van der Waals surface area contributed by atoms with Crippen molar-refractivity contribution in [1.82, 2.24) is 4.31 Å². The molecule has 9 heteroatoms. The van der Waals surface area contributed by atoms with Gasteiger partial charge in [-0.05, 0) is 12.1 Å². The number of hydrogen-bond acceptors (Lipinski definition) is 5. The Morgan fingerprint density at radius 3 is 2.67 bits per heavy atom. The molecule has 2 N–H and O–H groups in total. The summed E-state index contributed by atoms with van der Waals surface area (Å²) in [6.45, 7) is -0.213. The van der Waals surface area contributed by atoms with Gasteiger partial charge in [0, 0.05) is 13.0 Å². The second kappa shape index (κ2) is 4.78. The minimum atomic E-state index is -3.92. The molecule has 0 aromatic carbocycles. The van der Waals surface area contributed by atoms with Gasteiger partial charge in [0.15, 0.2) is 0 Å². The van der Waals surface area contributed by atoms with E-state index in [4.69, 9.17) is 16.7 Å². The molecule has 1 aromatic heterocycles. The van der Waals surface area contributed by atoms with Crippen LogP contribution in [0.4, 0.5) is 0 Å². The molecule has 100 valence electrons. The molecule has 18 heavy (non-hydrogen) atoms. The number of aliphatic hydroxyl groups excluding tert-OH is 1. The molecule has 0 aliphatic carbocycles. The maximum absolute atomic E-state index is 12.2. The number of rotatable bonds is 3. The zero-order chi connectivity index (χ0) is 13.5. The summed E-state index contributed by atoms with van der Waals surface area (Å²) in [5.74, 6) is -1.27. The highest BCUT2D eigenvalue weighted by molar-refractivity contribution is 7.91. The Kier molecular flexibility index (Phi) is 3.65. The van der Waals surface area contributed by atoms with E-state index in [1.54, 1.807) is 0 Å². The zero-order valence-electron chi connectivity index (χ0n) is 8.98. The number of hydrogen-bond donors (Lipinski definition) is 2. The molecule has 2 rings (SSSR count). The van der Waals surface area contributed by atoms with Crippen molar-refractivity contribution in [3.8, 4) is 0 Å². The first kappa shape index (κ1) is 13.8. The van der Waals surface area contributed by atoms with Crippen LogP contribution in [0.5, 0.6) is 0 Å². The molecule has 2 heterocycles. The lowest BCUT2D eigenvalue weighted by Crippen LogP contribution is -2.40. The molecule has 2 unspecified atom stereocenters. The summed E-state index contributed by atoms with van der Waals surface area (Å²) in [7, 11) is -3.92. The molecule has 1 fully saturated rings. The number of aliphatic carboxylic acids is 1. The fourth-order valence-corrected chi connectivity index (χ4v) is 5.07. The molecule has 1 saturated heterocycles. The number of β-amino-alcohol motifs (C(OH)–C–C–N with tert-alkyl or cyclic N) is 1. The number of thiophene rings is 1. The summed E-state index contributed by atoms with van der Waals surface area (Å²) in [5, 5.41) is 18.4. The average Bonchev–Trinajstić information content (AvgIpc) is 2.84. The van der Waals surface area contributed by atoms with Gasteiger partial charge in [-0.25, -0.2) is 8.42 Å². The predicted molar refractivity (Wildman–Crippen MR) is 65.3 cm³/mol. The average molecular weight is 312 g/mol. The number of sulfonamides is 1. The number of carboxylic acids is 1. The van der Waals surface area contributed by atoms with Gasteiger partial charge in [0.05, 0.1) is 10.4 Å². The van der Waals surface area contributed by atoms with E-state index in [0.717, 1.165) is 15.6 Å². The number of nitrogens with zero attached hydrogens (tertiary/aromatic N) is 1. The Bertz CT molecular complexity index is 569. The van der Waals surface area contributed by atoms with Gasteiger partial charge in [0.2, 0.25) is 0 Å². The number of carbonyl (C=O) groups is 1. The highest BCUT2D eigenvalue weighted by Crippen LogP contribution is 2.32. The third kappa shape index (κ3) is 2.39. The minimum Gasteiger partial charge on any atom is -0.480 e. The molecule has 6 nitrogen and oxygen atoms in total. The highest BCUT2D eigenvalue weighted by Gasteiger charge is 2.44. The largest absolute Gasteiger partial charge is 0.480 e. The van der Waals surface area contributed by atoms with Crippen molar-refractivity contribution in [2.24, 2.45) is 0 Å². The van der Waals surface area contributed by atoms with Crippen LogP contribution in [0.3, 0.4) is 0 Å². The lowest BCUT2D eigenvalue weighted by atomic mass is 10.2. The van der Waals surface area contributed by atoms with Crippen LogP contribution in [0.15, 0.2) is 16.3 Å². The SMILES string of the molecule is O=C(O)C1CC(O)CN1S(=O)(=O)c1ccc(Cl)s1. The van der Waals surface area contributed by atoms with E-state index in [-0.39, 0.29) is 17.2 Å². The first-order valence-electron chi connectivity index (χ1n) is 5.00. The van der Waals surface area contributed by atoms with Gasteiger partial charge in [0.1, 0.15) is 10.3 Å². The van der Waals surface area contributed by atoms with E-state index in [1.807, 2.05) is 0 Å². The fraction of sp³-hybridized carbons (Fsp3) is 0.444. The normalized spacial score (nSPS) is 25.4. The number of aliphatic hydroxyl groups is 1. The van der Waals surface area contributed by atoms with Crippen molar-refractivity contribution in [1.29, 1.82) is 0 Å². The van der Waals surface area contributed by atoms with Gasteiger partial charge in [-0.3, -0.25) is 4.79 Å². The molecule has 1 aliphatic heterocycles. The number of carboxylic acid groups (broad SMARTS) is 1. The van der Waals surface area contributed by atoms with E-state index < -0.39 is 28.1 Å². The van der Waals surface area contributed by atoms with E-state index in [9.17, 15) is 18.3 Å². The maximum atomic E-state index is 12.2. The van der Waals surface area contributed by atoms with Crippen molar-refractivity contribution >= 4 is 38.9 Å². The zero-order valence-corrected chi connectivity index (χ0v) is 11.4. The van der Waals surface area contributed by atoms with E-state index in [2.05, 4.69) is 0 Å². The smallest absolute Gasteiger partial charge is 0.322 e. The Morgan fingerprint density at radius 1 is 1.50 bits per heavy atom. The number of halogens is 1. The summed E-state index contributed by atoms with van der Waals surface area (Å²) in [6, 6.07) is 1.53. The van der Waals surface area contributed by atoms with Gasteiger partial charge in [-0.15, -0.1) is 11.3 Å². The molecular formula is C9H10ClNO5S2. The third-order valence-electron chi connectivity index (χ3n) is 2.63. The second-order valence-corrected chi connectivity index (χ2v) is 7.71. The summed E-state index contributed by atoms with van der Waals surface area (Å²) >= 11 is 6.53. The molecule has 0 saturated carbocycles. The molecule has 0 spiro atoms. The van der Waals surface area contributed by atoms with Crippen molar-refractivity contribution in [3.05, 3.63) is 16.5 Å². The Balaban J connectivity index is 2.38. The molecule has 2 atom stereocenters. The van der Waals surface area contributed by atoms with E-state index in [0.29, 0.717) is 4.34 Å². The topological polar surface area (TPSA) is 94.9 Å². The van der Waals surface area contributed by atoms with Crippen LogP contribution in [0.1, 0.15) is 6.42 Å². The summed E-state index contributed by atoms with van der Waals surface area (Å²) in [6.07, 6.45) is -1.07.